The lowest BCUT2D eigenvalue weighted by Crippen LogP contribution is -2.52. The summed E-state index contributed by atoms with van der Waals surface area (Å²) in [6.45, 7) is 7.11. The molecule has 1 saturated heterocycles. The largest absolute Gasteiger partial charge is 0.395 e. The van der Waals surface area contributed by atoms with Crippen LogP contribution in [0.5, 0.6) is 0 Å². The molecule has 0 bridgehead atoms. The molecule has 0 aliphatic carbocycles. The van der Waals surface area contributed by atoms with Crippen molar-refractivity contribution >= 4 is 0 Å². The topological polar surface area (TPSA) is 58.7 Å². The average Bonchev–Trinajstić information content (AvgIpc) is 2.30. The Morgan fingerprint density at radius 3 is 2.41 bits per heavy atom. The maximum Gasteiger partial charge on any atom is 0.0601 e. The van der Waals surface area contributed by atoms with Crippen LogP contribution in [0.4, 0.5) is 0 Å². The van der Waals surface area contributed by atoms with Gasteiger partial charge in [0.2, 0.25) is 0 Å². The van der Waals surface area contributed by atoms with Crippen molar-refractivity contribution in [3.8, 4) is 0 Å². The number of ether oxygens (including phenoxy) is 1. The summed E-state index contributed by atoms with van der Waals surface area (Å²) in [4.78, 5) is 2.22. The lowest BCUT2D eigenvalue weighted by Gasteiger charge is -2.36. The van der Waals surface area contributed by atoms with Gasteiger partial charge in [0.1, 0.15) is 0 Å². The van der Waals surface area contributed by atoms with E-state index in [4.69, 9.17) is 10.5 Å². The van der Waals surface area contributed by atoms with Crippen LogP contribution in [0.25, 0.3) is 0 Å². The quantitative estimate of drug-likeness (QED) is 0.722. The highest BCUT2D eigenvalue weighted by atomic mass is 16.5. The van der Waals surface area contributed by atoms with Crippen LogP contribution in [0.3, 0.4) is 0 Å². The van der Waals surface area contributed by atoms with Crippen LogP contribution in [-0.2, 0) is 4.74 Å². The van der Waals surface area contributed by atoms with E-state index >= 15 is 0 Å². The Labute approximate surface area is 105 Å². The standard InChI is InChI=1S/C13H28N2O2/c1-10(2)13(14)12(9-16)15(3)8-11-4-6-17-7-5-11/h10-13,16H,4-9,14H2,1-3H3. The van der Waals surface area contributed by atoms with Crippen molar-refractivity contribution in [3.63, 3.8) is 0 Å². The molecule has 17 heavy (non-hydrogen) atoms. The molecule has 1 rings (SSSR count). The summed E-state index contributed by atoms with van der Waals surface area (Å²) in [5.41, 5.74) is 6.15. The molecule has 1 aliphatic heterocycles. The van der Waals surface area contributed by atoms with Gasteiger partial charge in [-0.25, -0.2) is 0 Å². The minimum absolute atomic E-state index is 0.0323. The van der Waals surface area contributed by atoms with E-state index in [1.165, 1.54) is 0 Å². The molecule has 0 aromatic heterocycles. The summed E-state index contributed by atoms with van der Waals surface area (Å²) in [6, 6.07) is 0.0997. The second-order valence-corrected chi connectivity index (χ2v) is 5.57. The molecule has 1 aliphatic rings. The zero-order valence-corrected chi connectivity index (χ0v) is 11.4. The second kappa shape index (κ2) is 7.31. The molecule has 2 atom stereocenters. The van der Waals surface area contributed by atoms with Crippen LogP contribution < -0.4 is 5.73 Å². The van der Waals surface area contributed by atoms with Gasteiger partial charge in [-0.3, -0.25) is 4.90 Å². The molecule has 0 aromatic carbocycles. The van der Waals surface area contributed by atoms with Gasteiger partial charge in [-0.05, 0) is 31.7 Å². The number of rotatable bonds is 6. The molecule has 0 amide bonds. The molecular formula is C13H28N2O2. The Bertz CT molecular complexity index is 206. The highest BCUT2D eigenvalue weighted by Gasteiger charge is 2.26. The highest BCUT2D eigenvalue weighted by molar-refractivity contribution is 4.83. The third kappa shape index (κ3) is 4.54. The molecule has 4 heteroatoms. The number of likely N-dealkylation sites (N-methyl/N-ethyl adjacent to an activating group) is 1. The first-order valence-electron chi connectivity index (χ1n) is 6.70. The normalized spacial score (nSPS) is 22.1. The van der Waals surface area contributed by atoms with Gasteiger partial charge in [-0.2, -0.15) is 0 Å². The van der Waals surface area contributed by atoms with Crippen LogP contribution >= 0.6 is 0 Å². The third-order valence-corrected chi connectivity index (χ3v) is 3.85. The molecule has 4 nitrogen and oxygen atoms in total. The van der Waals surface area contributed by atoms with Crippen LogP contribution in [0.2, 0.25) is 0 Å². The highest BCUT2D eigenvalue weighted by Crippen LogP contribution is 2.18. The first-order chi connectivity index (χ1) is 8.06. The Kier molecular flexibility index (Phi) is 6.41. The van der Waals surface area contributed by atoms with Gasteiger partial charge in [-0.1, -0.05) is 13.8 Å². The van der Waals surface area contributed by atoms with E-state index in [1.807, 2.05) is 0 Å². The van der Waals surface area contributed by atoms with Crippen molar-refractivity contribution in [1.29, 1.82) is 0 Å². The summed E-state index contributed by atoms with van der Waals surface area (Å²) in [5.74, 6) is 1.08. The number of nitrogens with zero attached hydrogens (tertiary/aromatic N) is 1. The van der Waals surface area contributed by atoms with Gasteiger partial charge in [0.25, 0.3) is 0 Å². The third-order valence-electron chi connectivity index (χ3n) is 3.85. The molecule has 0 radical (unpaired) electrons. The predicted molar refractivity (Wildman–Crippen MR) is 69.9 cm³/mol. The van der Waals surface area contributed by atoms with E-state index in [9.17, 15) is 5.11 Å². The Morgan fingerprint density at radius 2 is 1.94 bits per heavy atom. The van der Waals surface area contributed by atoms with Crippen LogP contribution in [-0.4, -0.2) is 55.5 Å². The summed E-state index contributed by atoms with van der Waals surface area (Å²) in [7, 11) is 2.07. The Balaban J connectivity index is 2.44. The number of aliphatic hydroxyl groups excluding tert-OH is 1. The molecular weight excluding hydrogens is 216 g/mol. The van der Waals surface area contributed by atoms with Gasteiger partial charge in [0, 0.05) is 31.8 Å². The van der Waals surface area contributed by atoms with Gasteiger partial charge in [0.05, 0.1) is 6.61 Å². The van der Waals surface area contributed by atoms with E-state index < -0.39 is 0 Å². The van der Waals surface area contributed by atoms with Crippen molar-refractivity contribution in [2.45, 2.75) is 38.8 Å². The molecule has 2 unspecified atom stereocenters. The summed E-state index contributed by atoms with van der Waals surface area (Å²) in [5, 5.41) is 9.50. The number of hydrogen-bond acceptors (Lipinski definition) is 4. The van der Waals surface area contributed by atoms with Crippen molar-refractivity contribution < 1.29 is 9.84 Å². The summed E-state index contributed by atoms with van der Waals surface area (Å²) in [6.07, 6.45) is 2.25. The number of hydrogen-bond donors (Lipinski definition) is 2. The molecule has 0 aromatic rings. The van der Waals surface area contributed by atoms with Gasteiger partial charge >= 0.3 is 0 Å². The van der Waals surface area contributed by atoms with E-state index in [0.717, 1.165) is 32.6 Å². The molecule has 1 heterocycles. The Hall–Kier alpha value is -0.160. The lowest BCUT2D eigenvalue weighted by molar-refractivity contribution is 0.0383. The predicted octanol–water partition coefficient (Wildman–Crippen LogP) is 0.689. The van der Waals surface area contributed by atoms with Gasteiger partial charge < -0.3 is 15.6 Å². The fourth-order valence-electron chi connectivity index (χ4n) is 2.47. The zero-order chi connectivity index (χ0) is 12.8. The molecule has 102 valence electrons. The van der Waals surface area contributed by atoms with Crippen molar-refractivity contribution in [3.05, 3.63) is 0 Å². The van der Waals surface area contributed by atoms with Gasteiger partial charge in [-0.15, -0.1) is 0 Å². The number of nitrogens with two attached hydrogens (primary N) is 1. The van der Waals surface area contributed by atoms with Crippen molar-refractivity contribution in [1.82, 2.24) is 4.90 Å². The molecule has 0 spiro atoms. The number of aliphatic hydroxyl groups is 1. The SMILES string of the molecule is CC(C)C(N)C(CO)N(C)CC1CCOCC1. The smallest absolute Gasteiger partial charge is 0.0601 e. The van der Waals surface area contributed by atoms with E-state index in [-0.39, 0.29) is 18.7 Å². The van der Waals surface area contributed by atoms with Crippen molar-refractivity contribution in [2.24, 2.45) is 17.6 Å². The van der Waals surface area contributed by atoms with Crippen LogP contribution in [0, 0.1) is 11.8 Å². The lowest BCUT2D eigenvalue weighted by atomic mass is 9.94. The average molecular weight is 244 g/mol. The minimum atomic E-state index is 0.0323. The maximum absolute atomic E-state index is 9.50. The fraction of sp³-hybridized carbons (Fsp3) is 1.00. The molecule has 1 fully saturated rings. The van der Waals surface area contributed by atoms with Gasteiger partial charge in [0.15, 0.2) is 0 Å². The van der Waals surface area contributed by atoms with E-state index in [1.54, 1.807) is 0 Å². The zero-order valence-electron chi connectivity index (χ0n) is 11.4. The molecule has 0 saturated carbocycles. The van der Waals surface area contributed by atoms with Crippen molar-refractivity contribution in [2.75, 3.05) is 33.4 Å². The monoisotopic (exact) mass is 244 g/mol. The first-order valence-corrected chi connectivity index (χ1v) is 6.70. The van der Waals surface area contributed by atoms with Crippen LogP contribution in [0.1, 0.15) is 26.7 Å². The summed E-state index contributed by atoms with van der Waals surface area (Å²) >= 11 is 0. The first kappa shape index (κ1) is 14.9. The maximum atomic E-state index is 9.50. The molecule has 3 N–H and O–H groups in total. The summed E-state index contributed by atoms with van der Waals surface area (Å²) < 4.78 is 5.36. The fourth-order valence-corrected chi connectivity index (χ4v) is 2.47. The van der Waals surface area contributed by atoms with E-state index in [2.05, 4.69) is 25.8 Å². The van der Waals surface area contributed by atoms with Crippen LogP contribution in [0.15, 0.2) is 0 Å². The van der Waals surface area contributed by atoms with E-state index in [0.29, 0.717) is 11.8 Å². The Morgan fingerprint density at radius 1 is 1.35 bits per heavy atom. The minimum Gasteiger partial charge on any atom is -0.395 e. The second-order valence-electron chi connectivity index (χ2n) is 5.57.